The first-order valence-corrected chi connectivity index (χ1v) is 10.5. The fourth-order valence-corrected chi connectivity index (χ4v) is 4.43. The minimum absolute atomic E-state index is 0.102. The molecule has 2 heterocycles. The Morgan fingerprint density at radius 3 is 2.68 bits per heavy atom. The van der Waals surface area contributed by atoms with Crippen LogP contribution >= 0.6 is 11.3 Å². The van der Waals surface area contributed by atoms with Crippen molar-refractivity contribution in [2.24, 2.45) is 0 Å². The molecular weight excluding hydrogens is 366 g/mol. The van der Waals surface area contributed by atoms with Crippen molar-refractivity contribution in [1.82, 2.24) is 14.5 Å². The molecule has 1 aliphatic carbocycles. The van der Waals surface area contributed by atoms with Crippen molar-refractivity contribution in [2.45, 2.75) is 32.4 Å². The maximum atomic E-state index is 13.3. The van der Waals surface area contributed by atoms with Crippen molar-refractivity contribution in [3.63, 3.8) is 0 Å². The van der Waals surface area contributed by atoms with E-state index in [0.29, 0.717) is 18.2 Å². The number of aromatic nitrogens is 2. The Morgan fingerprint density at radius 1 is 1.14 bits per heavy atom. The lowest BCUT2D eigenvalue weighted by atomic mass is 10.1. The average Bonchev–Trinajstić information content (AvgIpc) is 3.31. The summed E-state index contributed by atoms with van der Waals surface area (Å²) in [5.74, 6) is 1.02. The SMILES string of the molecule is Cc1nc2cc(C(=O)N(Cc3cccs3)C3CC3)ccc2n1-c1ccccc1. The van der Waals surface area contributed by atoms with Gasteiger partial charge >= 0.3 is 0 Å². The van der Waals surface area contributed by atoms with Gasteiger partial charge < -0.3 is 4.90 Å². The number of imidazole rings is 1. The molecule has 0 spiro atoms. The highest BCUT2D eigenvalue weighted by Gasteiger charge is 2.33. The smallest absolute Gasteiger partial charge is 0.254 e. The first-order valence-electron chi connectivity index (χ1n) is 9.58. The van der Waals surface area contributed by atoms with E-state index in [9.17, 15) is 4.79 Å². The van der Waals surface area contributed by atoms with Gasteiger partial charge in [0.2, 0.25) is 0 Å². The fraction of sp³-hybridized carbons (Fsp3) is 0.217. The molecule has 0 bridgehead atoms. The number of benzene rings is 2. The average molecular weight is 388 g/mol. The van der Waals surface area contributed by atoms with Crippen LogP contribution in [0.2, 0.25) is 0 Å². The van der Waals surface area contributed by atoms with Gasteiger partial charge in [0, 0.05) is 22.2 Å². The molecule has 0 saturated heterocycles. The van der Waals surface area contributed by atoms with Crippen LogP contribution in [-0.4, -0.2) is 26.4 Å². The van der Waals surface area contributed by atoms with Gasteiger partial charge in [0.15, 0.2) is 0 Å². The number of hydrogen-bond donors (Lipinski definition) is 0. The molecule has 1 aliphatic rings. The summed E-state index contributed by atoms with van der Waals surface area (Å²) in [6, 6.07) is 20.6. The van der Waals surface area contributed by atoms with Crippen LogP contribution in [0.1, 0.15) is 33.9 Å². The summed E-state index contributed by atoms with van der Waals surface area (Å²) < 4.78 is 2.13. The van der Waals surface area contributed by atoms with Gasteiger partial charge in [0.05, 0.1) is 17.6 Å². The Balaban J connectivity index is 1.50. The molecule has 4 aromatic rings. The molecule has 140 valence electrons. The van der Waals surface area contributed by atoms with Crippen LogP contribution in [0.25, 0.3) is 16.7 Å². The molecule has 5 rings (SSSR count). The van der Waals surface area contributed by atoms with Crippen LogP contribution in [0, 0.1) is 6.92 Å². The summed E-state index contributed by atoms with van der Waals surface area (Å²) >= 11 is 1.70. The van der Waals surface area contributed by atoms with Crippen molar-refractivity contribution >= 4 is 28.3 Å². The van der Waals surface area contributed by atoms with Gasteiger partial charge in [-0.15, -0.1) is 11.3 Å². The first kappa shape index (κ1) is 17.2. The third-order valence-electron chi connectivity index (χ3n) is 5.24. The van der Waals surface area contributed by atoms with Gasteiger partial charge in [-0.2, -0.15) is 0 Å². The zero-order valence-electron chi connectivity index (χ0n) is 15.7. The molecule has 5 heteroatoms. The van der Waals surface area contributed by atoms with Gasteiger partial charge in [-0.3, -0.25) is 9.36 Å². The molecular formula is C23H21N3OS. The number of nitrogens with zero attached hydrogens (tertiary/aromatic N) is 3. The molecule has 0 atom stereocenters. The van der Waals surface area contributed by atoms with E-state index in [1.54, 1.807) is 11.3 Å². The van der Waals surface area contributed by atoms with E-state index in [-0.39, 0.29) is 5.91 Å². The van der Waals surface area contributed by atoms with Crippen LogP contribution in [0.4, 0.5) is 0 Å². The third kappa shape index (κ3) is 3.12. The summed E-state index contributed by atoms with van der Waals surface area (Å²) in [4.78, 5) is 21.2. The minimum Gasteiger partial charge on any atom is -0.331 e. The van der Waals surface area contributed by atoms with Crippen LogP contribution in [-0.2, 0) is 6.54 Å². The molecule has 2 aromatic heterocycles. The molecule has 0 aliphatic heterocycles. The van der Waals surface area contributed by atoms with Gasteiger partial charge in [-0.1, -0.05) is 24.3 Å². The summed E-state index contributed by atoms with van der Waals surface area (Å²) in [5.41, 5.74) is 3.68. The van der Waals surface area contributed by atoms with E-state index in [0.717, 1.165) is 35.4 Å². The molecule has 1 saturated carbocycles. The summed E-state index contributed by atoms with van der Waals surface area (Å²) in [5, 5.41) is 2.07. The number of thiophene rings is 1. The molecule has 28 heavy (non-hydrogen) atoms. The summed E-state index contributed by atoms with van der Waals surface area (Å²) in [6.07, 6.45) is 2.20. The van der Waals surface area contributed by atoms with E-state index in [4.69, 9.17) is 4.98 Å². The Labute approximate surface area is 168 Å². The van der Waals surface area contributed by atoms with Crippen molar-refractivity contribution in [1.29, 1.82) is 0 Å². The second-order valence-corrected chi connectivity index (χ2v) is 8.31. The fourth-order valence-electron chi connectivity index (χ4n) is 3.73. The standard InChI is InChI=1S/C23H21N3OS/c1-16-24-21-14-17(9-12-22(21)26(16)19-6-3-2-4-7-19)23(27)25(18-10-11-18)15-20-8-5-13-28-20/h2-9,12-14,18H,10-11,15H2,1H3. The Bertz CT molecular complexity index is 1130. The van der Waals surface area contributed by atoms with E-state index >= 15 is 0 Å². The zero-order chi connectivity index (χ0) is 19.1. The number of hydrogen-bond acceptors (Lipinski definition) is 3. The Kier molecular flexibility index (Phi) is 4.24. The van der Waals surface area contributed by atoms with Crippen molar-refractivity contribution in [2.75, 3.05) is 0 Å². The van der Waals surface area contributed by atoms with Crippen molar-refractivity contribution < 1.29 is 4.79 Å². The quantitative estimate of drug-likeness (QED) is 0.472. The van der Waals surface area contributed by atoms with Gasteiger partial charge in [0.1, 0.15) is 5.82 Å². The monoisotopic (exact) mass is 387 g/mol. The summed E-state index contributed by atoms with van der Waals surface area (Å²) in [7, 11) is 0. The number of carbonyl (C=O) groups is 1. The van der Waals surface area contributed by atoms with Crippen LogP contribution < -0.4 is 0 Å². The van der Waals surface area contributed by atoms with E-state index in [1.807, 2.05) is 54.3 Å². The maximum absolute atomic E-state index is 13.3. The molecule has 1 fully saturated rings. The topological polar surface area (TPSA) is 38.1 Å². The summed E-state index contributed by atoms with van der Waals surface area (Å²) in [6.45, 7) is 2.69. The molecule has 0 N–H and O–H groups in total. The number of carbonyl (C=O) groups excluding carboxylic acids is 1. The van der Waals surface area contributed by atoms with Crippen molar-refractivity contribution in [3.8, 4) is 5.69 Å². The Hall–Kier alpha value is -2.92. The second kappa shape index (κ2) is 6.91. The predicted molar refractivity (Wildman–Crippen MR) is 113 cm³/mol. The highest BCUT2D eigenvalue weighted by molar-refractivity contribution is 7.09. The largest absolute Gasteiger partial charge is 0.331 e. The lowest BCUT2D eigenvalue weighted by molar-refractivity contribution is 0.0732. The second-order valence-electron chi connectivity index (χ2n) is 7.28. The number of amides is 1. The van der Waals surface area contributed by atoms with Gasteiger partial charge in [-0.05, 0) is 61.5 Å². The highest BCUT2D eigenvalue weighted by Crippen LogP contribution is 2.31. The zero-order valence-corrected chi connectivity index (χ0v) is 16.5. The minimum atomic E-state index is 0.102. The molecule has 0 radical (unpaired) electrons. The third-order valence-corrected chi connectivity index (χ3v) is 6.10. The lowest BCUT2D eigenvalue weighted by Gasteiger charge is -2.22. The molecule has 1 amide bonds. The van der Waals surface area contributed by atoms with E-state index < -0.39 is 0 Å². The number of para-hydroxylation sites is 1. The lowest BCUT2D eigenvalue weighted by Crippen LogP contribution is -2.32. The van der Waals surface area contributed by atoms with Gasteiger partial charge in [-0.25, -0.2) is 4.98 Å². The molecule has 0 unspecified atom stereocenters. The van der Waals surface area contributed by atoms with Crippen LogP contribution in [0.5, 0.6) is 0 Å². The first-order chi connectivity index (χ1) is 13.7. The number of rotatable bonds is 5. The predicted octanol–water partition coefficient (Wildman–Crippen LogP) is 5.20. The number of aryl methyl sites for hydroxylation is 1. The number of fused-ring (bicyclic) bond motifs is 1. The maximum Gasteiger partial charge on any atom is 0.254 e. The van der Waals surface area contributed by atoms with Crippen LogP contribution in [0.15, 0.2) is 66.0 Å². The molecule has 4 nitrogen and oxygen atoms in total. The molecule has 2 aromatic carbocycles. The van der Waals surface area contributed by atoms with Gasteiger partial charge in [0.25, 0.3) is 5.91 Å². The Morgan fingerprint density at radius 2 is 1.96 bits per heavy atom. The van der Waals surface area contributed by atoms with Crippen molar-refractivity contribution in [3.05, 3.63) is 82.3 Å². The van der Waals surface area contributed by atoms with Crippen LogP contribution in [0.3, 0.4) is 0 Å². The van der Waals surface area contributed by atoms with E-state index in [1.165, 1.54) is 4.88 Å². The normalized spacial score (nSPS) is 13.8. The highest BCUT2D eigenvalue weighted by atomic mass is 32.1. The van der Waals surface area contributed by atoms with E-state index in [2.05, 4.69) is 28.1 Å².